The van der Waals surface area contributed by atoms with Crippen LogP contribution >= 0.6 is 0 Å². The van der Waals surface area contributed by atoms with Crippen LogP contribution in [0.25, 0.3) is 0 Å². The first kappa shape index (κ1) is 21.9. The minimum Gasteiger partial charge on any atom is -0.492 e. The van der Waals surface area contributed by atoms with Gasteiger partial charge in [0.25, 0.3) is 0 Å². The third kappa shape index (κ3) is 4.94. The van der Waals surface area contributed by atoms with Gasteiger partial charge in [0.2, 0.25) is 5.91 Å². The fourth-order valence-corrected chi connectivity index (χ4v) is 4.35. The summed E-state index contributed by atoms with van der Waals surface area (Å²) in [5.74, 6) is 0.659. The number of rotatable bonds is 7. The first-order chi connectivity index (χ1) is 15.7. The number of ether oxygens (including phenoxy) is 1. The van der Waals surface area contributed by atoms with E-state index in [1.165, 1.54) is 11.3 Å². The van der Waals surface area contributed by atoms with Crippen LogP contribution in [-0.4, -0.2) is 43.6 Å². The van der Waals surface area contributed by atoms with Gasteiger partial charge < -0.3 is 15.0 Å². The Labute approximate surface area is 190 Å². The topological polar surface area (TPSA) is 44.8 Å². The number of benzene rings is 3. The second-order valence-electron chi connectivity index (χ2n) is 8.04. The Balaban J connectivity index is 1.53. The second-order valence-corrected chi connectivity index (χ2v) is 8.04. The molecule has 1 amide bonds. The Morgan fingerprint density at radius 3 is 2.28 bits per heavy atom. The third-order valence-electron chi connectivity index (χ3n) is 5.94. The molecule has 1 saturated heterocycles. The van der Waals surface area contributed by atoms with Gasteiger partial charge in [-0.2, -0.15) is 0 Å². The Morgan fingerprint density at radius 2 is 1.56 bits per heavy atom. The van der Waals surface area contributed by atoms with E-state index in [1.807, 2.05) is 61.5 Å². The van der Waals surface area contributed by atoms with E-state index in [9.17, 15) is 4.79 Å². The van der Waals surface area contributed by atoms with Gasteiger partial charge in [-0.25, -0.2) is 0 Å². The Bertz CT molecular complexity index is 1030. The van der Waals surface area contributed by atoms with Crippen molar-refractivity contribution in [2.24, 2.45) is 0 Å². The molecule has 0 spiro atoms. The van der Waals surface area contributed by atoms with Crippen molar-refractivity contribution in [3.63, 3.8) is 0 Å². The van der Waals surface area contributed by atoms with Crippen molar-refractivity contribution in [3.05, 3.63) is 90.0 Å². The monoisotopic (exact) mass is 429 g/mol. The van der Waals surface area contributed by atoms with Gasteiger partial charge in [0.15, 0.2) is 0 Å². The molecule has 1 N–H and O–H groups in total. The predicted octanol–water partition coefficient (Wildman–Crippen LogP) is 4.90. The van der Waals surface area contributed by atoms with Crippen LogP contribution in [0.5, 0.6) is 5.75 Å². The number of hydrogen-bond donors (Lipinski definition) is 1. The van der Waals surface area contributed by atoms with Gasteiger partial charge in [0.1, 0.15) is 11.8 Å². The van der Waals surface area contributed by atoms with Crippen LogP contribution < -0.4 is 15.0 Å². The first-order valence-electron chi connectivity index (χ1n) is 11.3. The van der Waals surface area contributed by atoms with Gasteiger partial charge in [0, 0.05) is 31.9 Å². The van der Waals surface area contributed by atoms with Crippen LogP contribution in [0.4, 0.5) is 11.4 Å². The zero-order valence-corrected chi connectivity index (χ0v) is 18.8. The van der Waals surface area contributed by atoms with Crippen molar-refractivity contribution in [2.75, 3.05) is 43.0 Å². The molecular weight excluding hydrogens is 398 g/mol. The lowest BCUT2D eigenvalue weighted by atomic mass is 10.0. The highest BCUT2D eigenvalue weighted by Crippen LogP contribution is 2.29. The van der Waals surface area contributed by atoms with Crippen LogP contribution in [-0.2, 0) is 4.79 Å². The summed E-state index contributed by atoms with van der Waals surface area (Å²) in [5, 5.41) is 3.12. The van der Waals surface area contributed by atoms with E-state index in [4.69, 9.17) is 4.74 Å². The summed E-state index contributed by atoms with van der Waals surface area (Å²) >= 11 is 0. The number of hydrogen-bond acceptors (Lipinski definition) is 4. The van der Waals surface area contributed by atoms with Crippen LogP contribution in [0.15, 0.2) is 78.9 Å². The molecule has 0 saturated carbocycles. The van der Waals surface area contributed by atoms with Gasteiger partial charge in [-0.05, 0) is 43.2 Å². The number of nitrogens with zero attached hydrogens (tertiary/aromatic N) is 2. The zero-order chi connectivity index (χ0) is 22.3. The van der Waals surface area contributed by atoms with Crippen LogP contribution in [0.2, 0.25) is 0 Å². The highest BCUT2D eigenvalue weighted by atomic mass is 16.5. The molecule has 1 aliphatic heterocycles. The van der Waals surface area contributed by atoms with Crippen molar-refractivity contribution in [3.8, 4) is 5.75 Å². The average molecular weight is 430 g/mol. The SMILES string of the molecule is CCOc1ccccc1NC(=O)[C@@H](c1ccccc1)N1CCN(c2ccccc2C)CC1. The first-order valence-corrected chi connectivity index (χ1v) is 11.3. The Morgan fingerprint density at radius 1 is 0.906 bits per heavy atom. The lowest BCUT2D eigenvalue weighted by molar-refractivity contribution is -0.121. The average Bonchev–Trinajstić information content (AvgIpc) is 2.82. The lowest BCUT2D eigenvalue weighted by Gasteiger charge is -2.40. The molecule has 166 valence electrons. The molecule has 3 aromatic carbocycles. The minimum atomic E-state index is -0.357. The molecule has 5 nitrogen and oxygen atoms in total. The van der Waals surface area contributed by atoms with Crippen molar-refractivity contribution < 1.29 is 9.53 Å². The van der Waals surface area contributed by atoms with Gasteiger partial charge in [-0.1, -0.05) is 60.7 Å². The standard InChI is InChI=1S/C27H31N3O2/c1-3-32-25-16-10-8-14-23(25)28-27(31)26(22-12-5-4-6-13-22)30-19-17-29(18-20-30)24-15-9-7-11-21(24)2/h4-16,26H,3,17-20H2,1-2H3,(H,28,31)/t26-/m1/s1. The molecule has 0 aliphatic carbocycles. The summed E-state index contributed by atoms with van der Waals surface area (Å²) in [4.78, 5) is 18.2. The predicted molar refractivity (Wildman–Crippen MR) is 130 cm³/mol. The molecule has 1 atom stereocenters. The van der Waals surface area contributed by atoms with Gasteiger partial charge in [-0.15, -0.1) is 0 Å². The summed E-state index contributed by atoms with van der Waals surface area (Å²) in [5.41, 5.74) is 4.27. The largest absolute Gasteiger partial charge is 0.492 e. The van der Waals surface area contributed by atoms with E-state index < -0.39 is 0 Å². The maximum Gasteiger partial charge on any atom is 0.246 e. The molecule has 1 fully saturated rings. The maximum absolute atomic E-state index is 13.6. The molecule has 1 aliphatic rings. The third-order valence-corrected chi connectivity index (χ3v) is 5.94. The van der Waals surface area contributed by atoms with E-state index in [2.05, 4.69) is 46.3 Å². The minimum absolute atomic E-state index is 0.0345. The van der Waals surface area contributed by atoms with Gasteiger partial charge in [0.05, 0.1) is 12.3 Å². The summed E-state index contributed by atoms with van der Waals surface area (Å²) in [6.07, 6.45) is 0. The highest BCUT2D eigenvalue weighted by molar-refractivity contribution is 5.96. The smallest absolute Gasteiger partial charge is 0.246 e. The Hall–Kier alpha value is -3.31. The number of piperazine rings is 1. The molecule has 32 heavy (non-hydrogen) atoms. The summed E-state index contributed by atoms with van der Waals surface area (Å²) in [6, 6.07) is 25.8. The van der Waals surface area contributed by atoms with E-state index in [-0.39, 0.29) is 11.9 Å². The lowest BCUT2D eigenvalue weighted by Crippen LogP contribution is -2.50. The van der Waals surface area contributed by atoms with E-state index in [1.54, 1.807) is 0 Å². The molecule has 0 bridgehead atoms. The van der Waals surface area contributed by atoms with Crippen LogP contribution in [0.1, 0.15) is 24.1 Å². The Kier molecular flexibility index (Phi) is 7.07. The van der Waals surface area contributed by atoms with Crippen molar-refractivity contribution in [1.29, 1.82) is 0 Å². The fraction of sp³-hybridized carbons (Fsp3) is 0.296. The summed E-state index contributed by atoms with van der Waals surface area (Å²) < 4.78 is 5.71. The fourth-order valence-electron chi connectivity index (χ4n) is 4.35. The zero-order valence-electron chi connectivity index (χ0n) is 18.8. The van der Waals surface area contributed by atoms with Gasteiger partial charge in [-0.3, -0.25) is 9.69 Å². The van der Waals surface area contributed by atoms with Crippen molar-refractivity contribution in [2.45, 2.75) is 19.9 Å². The molecular formula is C27H31N3O2. The molecule has 1 heterocycles. The van der Waals surface area contributed by atoms with Crippen LogP contribution in [0.3, 0.4) is 0 Å². The molecule has 0 radical (unpaired) electrons. The number of anilines is 2. The molecule has 3 aromatic rings. The maximum atomic E-state index is 13.6. The molecule has 5 heteroatoms. The van der Waals surface area contributed by atoms with E-state index in [0.717, 1.165) is 31.7 Å². The molecule has 0 aromatic heterocycles. The number of amides is 1. The van der Waals surface area contributed by atoms with Crippen LogP contribution in [0, 0.1) is 6.92 Å². The second kappa shape index (κ2) is 10.3. The van der Waals surface area contributed by atoms with Crippen molar-refractivity contribution in [1.82, 2.24) is 4.90 Å². The summed E-state index contributed by atoms with van der Waals surface area (Å²) in [6.45, 7) is 8.05. The number of carbonyl (C=O) groups is 1. The summed E-state index contributed by atoms with van der Waals surface area (Å²) in [7, 11) is 0. The number of para-hydroxylation sites is 3. The normalized spacial score (nSPS) is 15.2. The van der Waals surface area contributed by atoms with Gasteiger partial charge >= 0.3 is 0 Å². The number of aryl methyl sites for hydroxylation is 1. The van der Waals surface area contributed by atoms with Crippen molar-refractivity contribution >= 4 is 17.3 Å². The van der Waals surface area contributed by atoms with E-state index >= 15 is 0 Å². The number of nitrogens with one attached hydrogen (secondary N) is 1. The number of carbonyl (C=O) groups excluding carboxylic acids is 1. The highest BCUT2D eigenvalue weighted by Gasteiger charge is 2.31. The molecule has 4 rings (SSSR count). The molecule has 0 unspecified atom stereocenters. The van der Waals surface area contributed by atoms with E-state index in [0.29, 0.717) is 18.0 Å². The quantitative estimate of drug-likeness (QED) is 0.581.